The highest BCUT2D eigenvalue weighted by molar-refractivity contribution is 9.09. The van der Waals surface area contributed by atoms with Gasteiger partial charge in [-0.3, -0.25) is 4.79 Å². The smallest absolute Gasteiger partial charge is 0.341 e. The predicted octanol–water partition coefficient (Wildman–Crippen LogP) is 2.87. The van der Waals surface area contributed by atoms with E-state index in [2.05, 4.69) is 15.9 Å². The van der Waals surface area contributed by atoms with Crippen LogP contribution in [0.3, 0.4) is 0 Å². The number of carbonyl (C=O) groups is 2. The summed E-state index contributed by atoms with van der Waals surface area (Å²) in [5.41, 5.74) is 0.767. The van der Waals surface area contributed by atoms with Gasteiger partial charge >= 0.3 is 5.97 Å². The number of ether oxygens (including phenoxy) is 1. The van der Waals surface area contributed by atoms with Crippen LogP contribution in [0.2, 0.25) is 5.02 Å². The molecule has 0 N–H and O–H groups in total. The normalized spacial score (nSPS) is 18.8. The van der Waals surface area contributed by atoms with Crippen LogP contribution in [0.5, 0.6) is 0 Å². The fourth-order valence-electron chi connectivity index (χ4n) is 2.16. The minimum Gasteiger partial charge on any atom is -0.465 e. The highest BCUT2D eigenvalue weighted by Gasteiger charge is 2.32. The lowest BCUT2D eigenvalue weighted by Crippen LogP contribution is -2.27. The van der Waals surface area contributed by atoms with Crippen molar-refractivity contribution in [2.45, 2.75) is 6.42 Å². The summed E-state index contributed by atoms with van der Waals surface area (Å²) in [5, 5.41) is 1.04. The molecule has 102 valence electrons. The van der Waals surface area contributed by atoms with Gasteiger partial charge in [0.25, 0.3) is 0 Å². The largest absolute Gasteiger partial charge is 0.465 e. The second kappa shape index (κ2) is 5.92. The first-order valence-corrected chi connectivity index (χ1v) is 7.31. The first kappa shape index (κ1) is 14.3. The van der Waals surface area contributed by atoms with Crippen molar-refractivity contribution in [1.82, 2.24) is 0 Å². The minimum atomic E-state index is -0.532. The van der Waals surface area contributed by atoms with E-state index in [1.165, 1.54) is 7.11 Å². The van der Waals surface area contributed by atoms with E-state index in [-0.39, 0.29) is 17.4 Å². The first-order valence-electron chi connectivity index (χ1n) is 5.81. The zero-order valence-electron chi connectivity index (χ0n) is 10.4. The van der Waals surface area contributed by atoms with Crippen molar-refractivity contribution in [1.29, 1.82) is 0 Å². The van der Waals surface area contributed by atoms with Crippen LogP contribution in [0, 0.1) is 5.92 Å². The summed E-state index contributed by atoms with van der Waals surface area (Å²) >= 11 is 9.43. The Balaban J connectivity index is 2.43. The molecular weight excluding hydrogens is 334 g/mol. The Hall–Kier alpha value is -1.07. The predicted molar refractivity (Wildman–Crippen MR) is 77.0 cm³/mol. The van der Waals surface area contributed by atoms with Crippen molar-refractivity contribution in [2.24, 2.45) is 5.92 Å². The van der Waals surface area contributed by atoms with Gasteiger partial charge < -0.3 is 9.64 Å². The quantitative estimate of drug-likeness (QED) is 0.624. The molecule has 0 bridgehead atoms. The van der Waals surface area contributed by atoms with E-state index in [4.69, 9.17) is 16.3 Å². The maximum atomic E-state index is 12.0. The maximum absolute atomic E-state index is 12.0. The van der Waals surface area contributed by atoms with Gasteiger partial charge in [0.2, 0.25) is 5.91 Å². The van der Waals surface area contributed by atoms with Crippen LogP contribution >= 0.6 is 27.5 Å². The van der Waals surface area contributed by atoms with Crippen LogP contribution < -0.4 is 4.90 Å². The number of nitrogens with zero attached hydrogens (tertiary/aromatic N) is 1. The lowest BCUT2D eigenvalue weighted by atomic mass is 10.1. The molecule has 1 heterocycles. The fourth-order valence-corrected chi connectivity index (χ4v) is 2.84. The summed E-state index contributed by atoms with van der Waals surface area (Å²) < 4.78 is 4.74. The van der Waals surface area contributed by atoms with Crippen LogP contribution in [0.1, 0.15) is 16.8 Å². The summed E-state index contributed by atoms with van der Waals surface area (Å²) in [5.74, 6) is -0.287. The molecule has 1 aliphatic heterocycles. The van der Waals surface area contributed by atoms with E-state index in [0.717, 1.165) is 5.33 Å². The molecule has 1 aliphatic rings. The highest BCUT2D eigenvalue weighted by atomic mass is 79.9. The molecular formula is C13H13BrClNO3. The standard InChI is InChI=1S/C13H13BrClNO3/c1-19-13(18)12-9(15)3-2-4-10(12)16-7-8(6-14)5-11(16)17/h2-4,8H,5-7H2,1H3. The van der Waals surface area contributed by atoms with Gasteiger partial charge in [-0.1, -0.05) is 33.6 Å². The lowest BCUT2D eigenvalue weighted by molar-refractivity contribution is -0.117. The van der Waals surface area contributed by atoms with Crippen LogP contribution in [-0.2, 0) is 9.53 Å². The van der Waals surface area contributed by atoms with Crippen molar-refractivity contribution >= 4 is 45.1 Å². The second-order valence-electron chi connectivity index (χ2n) is 4.35. The minimum absolute atomic E-state index is 0.00290. The fraction of sp³-hybridized carbons (Fsp3) is 0.385. The van der Waals surface area contributed by atoms with E-state index < -0.39 is 5.97 Å². The summed E-state index contributed by atoms with van der Waals surface area (Å²) in [4.78, 5) is 25.4. The Morgan fingerprint density at radius 2 is 2.32 bits per heavy atom. The number of anilines is 1. The molecule has 0 aliphatic carbocycles. The average molecular weight is 347 g/mol. The van der Waals surface area contributed by atoms with Crippen molar-refractivity contribution in [3.8, 4) is 0 Å². The zero-order valence-corrected chi connectivity index (χ0v) is 12.7. The molecule has 1 aromatic rings. The van der Waals surface area contributed by atoms with Gasteiger partial charge in [-0.15, -0.1) is 0 Å². The Morgan fingerprint density at radius 3 is 2.89 bits per heavy atom. The molecule has 19 heavy (non-hydrogen) atoms. The summed E-state index contributed by atoms with van der Waals surface area (Å²) in [6, 6.07) is 5.05. The highest BCUT2D eigenvalue weighted by Crippen LogP contribution is 2.33. The van der Waals surface area contributed by atoms with E-state index in [1.54, 1.807) is 23.1 Å². The molecule has 0 spiro atoms. The van der Waals surface area contributed by atoms with Crippen LogP contribution in [-0.4, -0.2) is 30.9 Å². The number of benzene rings is 1. The number of amides is 1. The van der Waals surface area contributed by atoms with E-state index in [1.807, 2.05) is 0 Å². The number of hydrogen-bond donors (Lipinski definition) is 0. The van der Waals surface area contributed by atoms with Crippen LogP contribution in [0.25, 0.3) is 0 Å². The summed E-state index contributed by atoms with van der Waals surface area (Å²) in [7, 11) is 1.29. The molecule has 2 rings (SSSR count). The van der Waals surface area contributed by atoms with Crippen molar-refractivity contribution in [3.63, 3.8) is 0 Å². The van der Waals surface area contributed by atoms with Crippen molar-refractivity contribution < 1.29 is 14.3 Å². The molecule has 1 amide bonds. The SMILES string of the molecule is COC(=O)c1c(Cl)cccc1N1CC(CBr)CC1=O. The number of carbonyl (C=O) groups excluding carboxylic acids is 2. The third-order valence-corrected chi connectivity index (χ3v) is 4.33. The van der Waals surface area contributed by atoms with Crippen LogP contribution in [0.15, 0.2) is 18.2 Å². The first-order chi connectivity index (χ1) is 9.08. The molecule has 1 unspecified atom stereocenters. The van der Waals surface area contributed by atoms with Crippen molar-refractivity contribution in [3.05, 3.63) is 28.8 Å². The molecule has 4 nitrogen and oxygen atoms in total. The monoisotopic (exact) mass is 345 g/mol. The molecule has 1 saturated heterocycles. The number of alkyl halides is 1. The summed E-state index contributed by atoms with van der Waals surface area (Å²) in [6.07, 6.45) is 0.471. The molecule has 6 heteroatoms. The third-order valence-electron chi connectivity index (χ3n) is 3.10. The van der Waals surface area contributed by atoms with Gasteiger partial charge in [-0.2, -0.15) is 0 Å². The van der Waals surface area contributed by atoms with Crippen molar-refractivity contribution in [2.75, 3.05) is 23.9 Å². The third kappa shape index (κ3) is 2.77. The Labute approximate surface area is 124 Å². The average Bonchev–Trinajstić information content (AvgIpc) is 2.79. The molecule has 1 aromatic carbocycles. The molecule has 1 fully saturated rings. The molecule has 0 radical (unpaired) electrons. The lowest BCUT2D eigenvalue weighted by Gasteiger charge is -2.20. The Kier molecular flexibility index (Phi) is 4.47. The van der Waals surface area contributed by atoms with E-state index >= 15 is 0 Å². The zero-order chi connectivity index (χ0) is 14.0. The Morgan fingerprint density at radius 1 is 1.58 bits per heavy atom. The van der Waals surface area contributed by atoms with Gasteiger partial charge in [0.15, 0.2) is 0 Å². The maximum Gasteiger partial charge on any atom is 0.341 e. The van der Waals surface area contributed by atoms with E-state index in [0.29, 0.717) is 23.7 Å². The number of methoxy groups -OCH3 is 1. The van der Waals surface area contributed by atoms with Crippen LogP contribution in [0.4, 0.5) is 5.69 Å². The van der Waals surface area contributed by atoms with Gasteiger partial charge in [-0.25, -0.2) is 4.79 Å². The topological polar surface area (TPSA) is 46.6 Å². The van der Waals surface area contributed by atoms with Gasteiger partial charge in [0, 0.05) is 18.3 Å². The Bertz CT molecular complexity index is 521. The molecule has 1 atom stereocenters. The second-order valence-corrected chi connectivity index (χ2v) is 5.41. The van der Waals surface area contributed by atoms with Gasteiger partial charge in [0.1, 0.15) is 5.56 Å². The number of hydrogen-bond acceptors (Lipinski definition) is 3. The number of esters is 1. The van der Waals surface area contributed by atoms with Gasteiger partial charge in [-0.05, 0) is 18.1 Å². The number of rotatable bonds is 3. The molecule has 0 saturated carbocycles. The van der Waals surface area contributed by atoms with Gasteiger partial charge in [0.05, 0.1) is 17.8 Å². The molecule has 0 aromatic heterocycles. The number of halogens is 2. The van der Waals surface area contributed by atoms with E-state index in [9.17, 15) is 9.59 Å². The summed E-state index contributed by atoms with van der Waals surface area (Å²) in [6.45, 7) is 0.578.